The Morgan fingerprint density at radius 2 is 1.46 bits per heavy atom. The van der Waals surface area contributed by atoms with Gasteiger partial charge >= 0.3 is 11.9 Å². The predicted octanol–water partition coefficient (Wildman–Crippen LogP) is 7.60. The van der Waals surface area contributed by atoms with Crippen molar-refractivity contribution in [2.75, 3.05) is 18.5 Å². The first-order chi connectivity index (χ1) is 22.2. The number of thiophene rings is 1. The van der Waals surface area contributed by atoms with E-state index in [9.17, 15) is 24.3 Å². The lowest BCUT2D eigenvalue weighted by Crippen LogP contribution is -2.35. The molecule has 0 radical (unpaired) electrons. The number of carbonyl (C=O) groups is 4. The maximum atomic E-state index is 13.3. The Labute approximate surface area is 272 Å². The lowest BCUT2D eigenvalue weighted by molar-refractivity contribution is -0.137. The Morgan fingerprint density at radius 3 is 2.09 bits per heavy atom. The van der Waals surface area contributed by atoms with Crippen LogP contribution in [0.3, 0.4) is 0 Å². The van der Waals surface area contributed by atoms with Gasteiger partial charge in [0.25, 0.3) is 11.8 Å². The number of nitrogens with zero attached hydrogens (tertiary/aromatic N) is 1. The highest BCUT2D eigenvalue weighted by Gasteiger charge is 2.20. The highest BCUT2D eigenvalue weighted by atomic mass is 32.1. The van der Waals surface area contributed by atoms with Crippen molar-refractivity contribution in [1.82, 2.24) is 4.90 Å². The molecule has 0 unspecified atom stereocenters. The van der Waals surface area contributed by atoms with E-state index in [0.29, 0.717) is 39.8 Å². The minimum absolute atomic E-state index is 0.0234. The molecule has 1 aromatic heterocycles. The van der Waals surface area contributed by atoms with Crippen molar-refractivity contribution in [1.29, 1.82) is 0 Å². The van der Waals surface area contributed by atoms with Crippen molar-refractivity contribution < 1.29 is 33.8 Å². The zero-order chi connectivity index (χ0) is 32.9. The third-order valence-corrected chi connectivity index (χ3v) is 8.20. The lowest BCUT2D eigenvalue weighted by atomic mass is 10.1. The van der Waals surface area contributed by atoms with Gasteiger partial charge in [0.15, 0.2) is 0 Å². The molecular formula is C36H38N2O7S. The molecule has 240 valence electrons. The number of aliphatic carboxylic acids is 1. The van der Waals surface area contributed by atoms with Crippen molar-refractivity contribution in [3.63, 3.8) is 0 Å². The number of ether oxygens (including phenoxy) is 2. The smallest absolute Gasteiger partial charge is 0.343 e. The Kier molecular flexibility index (Phi) is 12.5. The number of rotatable bonds is 16. The van der Waals surface area contributed by atoms with Crippen LogP contribution >= 0.6 is 11.3 Å². The average Bonchev–Trinajstić information content (AvgIpc) is 3.49. The van der Waals surface area contributed by atoms with E-state index in [1.165, 1.54) is 35.5 Å². The van der Waals surface area contributed by atoms with Crippen LogP contribution in [0.5, 0.6) is 11.5 Å². The van der Waals surface area contributed by atoms with Gasteiger partial charge in [-0.15, -0.1) is 11.3 Å². The van der Waals surface area contributed by atoms with E-state index in [1.54, 1.807) is 72.8 Å². The summed E-state index contributed by atoms with van der Waals surface area (Å²) in [5.41, 5.74) is 2.71. The molecule has 4 aromatic rings. The molecule has 1 heterocycles. The van der Waals surface area contributed by atoms with Gasteiger partial charge in [0.2, 0.25) is 0 Å². The van der Waals surface area contributed by atoms with E-state index in [2.05, 4.69) is 12.2 Å². The van der Waals surface area contributed by atoms with E-state index in [-0.39, 0.29) is 18.0 Å². The largest absolute Gasteiger partial charge is 0.494 e. The molecule has 0 aliphatic heterocycles. The second-order valence-corrected chi connectivity index (χ2v) is 11.8. The second-order valence-electron chi connectivity index (χ2n) is 10.8. The van der Waals surface area contributed by atoms with Crippen LogP contribution in [0.15, 0.2) is 84.2 Å². The van der Waals surface area contributed by atoms with Gasteiger partial charge in [-0.3, -0.25) is 14.4 Å². The van der Waals surface area contributed by atoms with Crippen molar-refractivity contribution in [3.05, 3.63) is 111 Å². The number of carboxylic acid groups (broad SMARTS) is 1. The van der Waals surface area contributed by atoms with Crippen molar-refractivity contribution in [3.8, 4) is 11.5 Å². The van der Waals surface area contributed by atoms with E-state index in [0.717, 1.165) is 18.4 Å². The van der Waals surface area contributed by atoms with Gasteiger partial charge in [-0.2, -0.15) is 0 Å². The number of nitrogens with one attached hydrogen (secondary N) is 1. The van der Waals surface area contributed by atoms with Crippen LogP contribution in [-0.2, 0) is 11.3 Å². The summed E-state index contributed by atoms with van der Waals surface area (Å²) in [4.78, 5) is 51.8. The zero-order valence-electron chi connectivity index (χ0n) is 26.0. The van der Waals surface area contributed by atoms with E-state index in [4.69, 9.17) is 9.47 Å². The molecular weight excluding hydrogens is 604 g/mol. The van der Waals surface area contributed by atoms with Gasteiger partial charge in [-0.05, 0) is 96.6 Å². The monoisotopic (exact) mass is 642 g/mol. The van der Waals surface area contributed by atoms with Crippen molar-refractivity contribution in [2.24, 2.45) is 0 Å². The van der Waals surface area contributed by atoms with Crippen LogP contribution in [0.1, 0.15) is 80.5 Å². The Hall–Kier alpha value is -4.96. The number of esters is 1. The SMILES string of the molecule is CCCCCCCOc1ccc(C(=O)Oc2ccc(CN(CC(=O)O)C(=O)c3ccc(NC(=O)c4sccc4C)cc3)cc2)cc1. The third-order valence-electron chi connectivity index (χ3n) is 7.19. The van der Waals surface area contributed by atoms with Gasteiger partial charge in [-0.25, -0.2) is 4.79 Å². The molecule has 2 N–H and O–H groups in total. The Bertz CT molecular complexity index is 1610. The van der Waals surface area contributed by atoms with Gasteiger partial charge in [0.05, 0.1) is 17.0 Å². The number of amides is 2. The average molecular weight is 643 g/mol. The number of aryl methyl sites for hydroxylation is 1. The molecule has 0 fully saturated rings. The van der Waals surface area contributed by atoms with Gasteiger partial charge in [0.1, 0.15) is 18.0 Å². The summed E-state index contributed by atoms with van der Waals surface area (Å²) in [6.07, 6.45) is 5.77. The van der Waals surface area contributed by atoms with Gasteiger partial charge < -0.3 is 24.8 Å². The fourth-order valence-electron chi connectivity index (χ4n) is 4.67. The van der Waals surface area contributed by atoms with Crippen molar-refractivity contribution in [2.45, 2.75) is 52.5 Å². The third kappa shape index (κ3) is 10.0. The molecule has 0 atom stereocenters. The number of hydrogen-bond acceptors (Lipinski definition) is 7. The fourth-order valence-corrected chi connectivity index (χ4v) is 5.49. The first-order valence-corrected chi connectivity index (χ1v) is 16.1. The van der Waals surface area contributed by atoms with E-state index >= 15 is 0 Å². The minimum Gasteiger partial charge on any atom is -0.494 e. The molecule has 3 aromatic carbocycles. The highest BCUT2D eigenvalue weighted by molar-refractivity contribution is 7.12. The van der Waals surface area contributed by atoms with Crippen LogP contribution in [0.4, 0.5) is 5.69 Å². The maximum Gasteiger partial charge on any atom is 0.343 e. The summed E-state index contributed by atoms with van der Waals surface area (Å²) in [5, 5.41) is 14.1. The number of benzene rings is 3. The quantitative estimate of drug-likeness (QED) is 0.0733. The normalized spacial score (nSPS) is 10.7. The topological polar surface area (TPSA) is 122 Å². The summed E-state index contributed by atoms with van der Waals surface area (Å²) in [5.74, 6) is -1.38. The molecule has 4 rings (SSSR count). The summed E-state index contributed by atoms with van der Waals surface area (Å²) < 4.78 is 11.3. The van der Waals surface area contributed by atoms with E-state index in [1.807, 2.05) is 18.4 Å². The second kappa shape index (κ2) is 16.9. The van der Waals surface area contributed by atoms with Gasteiger partial charge in [-0.1, -0.05) is 44.7 Å². The number of anilines is 1. The van der Waals surface area contributed by atoms with E-state index < -0.39 is 24.4 Å². The summed E-state index contributed by atoms with van der Waals surface area (Å²) in [6, 6.07) is 21.5. The van der Waals surface area contributed by atoms with Crippen molar-refractivity contribution >= 4 is 40.8 Å². The zero-order valence-corrected chi connectivity index (χ0v) is 26.8. The molecule has 0 bridgehead atoms. The standard InChI is InChI=1S/C36H38N2O7S/c1-3-4-5-6-7-21-44-30-18-12-28(13-19-30)36(43)45-31-16-8-26(9-17-31)23-38(24-32(39)40)35(42)27-10-14-29(15-11-27)37-34(41)33-25(2)20-22-46-33/h8-20,22H,3-7,21,23-24H2,1-2H3,(H,37,41)(H,39,40). The molecule has 0 aliphatic carbocycles. The van der Waals surface area contributed by atoms with Crippen LogP contribution in [-0.4, -0.2) is 46.9 Å². The van der Waals surface area contributed by atoms with Gasteiger partial charge in [0, 0.05) is 17.8 Å². The number of carbonyl (C=O) groups excluding carboxylic acids is 3. The highest BCUT2D eigenvalue weighted by Crippen LogP contribution is 2.21. The summed E-state index contributed by atoms with van der Waals surface area (Å²) in [7, 11) is 0. The molecule has 0 saturated heterocycles. The van der Waals surface area contributed by atoms with Crippen LogP contribution in [0.25, 0.3) is 0 Å². The lowest BCUT2D eigenvalue weighted by Gasteiger charge is -2.21. The Morgan fingerprint density at radius 1 is 0.804 bits per heavy atom. The molecule has 0 spiro atoms. The van der Waals surface area contributed by atoms with Crippen LogP contribution in [0, 0.1) is 6.92 Å². The molecule has 0 saturated carbocycles. The first-order valence-electron chi connectivity index (χ1n) is 15.2. The molecule has 46 heavy (non-hydrogen) atoms. The molecule has 2 amide bonds. The minimum atomic E-state index is -1.16. The number of unbranched alkanes of at least 4 members (excludes halogenated alkanes) is 4. The first kappa shape index (κ1) is 33.9. The molecule has 10 heteroatoms. The summed E-state index contributed by atoms with van der Waals surface area (Å²) in [6.45, 7) is 4.19. The molecule has 0 aliphatic rings. The number of hydrogen-bond donors (Lipinski definition) is 2. The predicted molar refractivity (Wildman–Crippen MR) is 178 cm³/mol. The number of carboxylic acids is 1. The Balaban J connectivity index is 1.31. The maximum absolute atomic E-state index is 13.3. The molecule has 9 nitrogen and oxygen atoms in total. The fraction of sp³-hybridized carbons (Fsp3) is 0.278. The van der Waals surface area contributed by atoms with Crippen LogP contribution in [0.2, 0.25) is 0 Å². The summed E-state index contributed by atoms with van der Waals surface area (Å²) >= 11 is 1.35. The van der Waals surface area contributed by atoms with Crippen LogP contribution < -0.4 is 14.8 Å².